The topological polar surface area (TPSA) is 80.2 Å². The van der Waals surface area contributed by atoms with Gasteiger partial charge in [-0.05, 0) is 51.0 Å². The Kier molecular flexibility index (Phi) is 12.6. The van der Waals surface area contributed by atoms with Crippen molar-refractivity contribution in [3.63, 3.8) is 0 Å². The first-order chi connectivity index (χ1) is 14.7. The van der Waals surface area contributed by atoms with Crippen LogP contribution in [0.2, 0.25) is 0 Å². The minimum Gasteiger partial charge on any atom is -0.469 e. The molecule has 0 radical (unpaired) electrons. The summed E-state index contributed by atoms with van der Waals surface area (Å²) in [6, 6.07) is 1.49. The van der Waals surface area contributed by atoms with Crippen LogP contribution in [0, 0.1) is 0 Å². The number of ether oxygens (including phenoxy) is 2. The summed E-state index contributed by atoms with van der Waals surface area (Å²) in [5, 5.41) is 12.8. The van der Waals surface area contributed by atoms with E-state index in [0.717, 1.165) is 38.5 Å². The van der Waals surface area contributed by atoms with E-state index in [2.05, 4.69) is 5.32 Å². The predicted octanol–water partition coefficient (Wildman–Crippen LogP) is 4.65. The van der Waals surface area contributed by atoms with Crippen molar-refractivity contribution in [1.82, 2.24) is 5.32 Å². The molecule has 2 saturated carbocycles. The summed E-state index contributed by atoms with van der Waals surface area (Å²) in [6.07, 6.45) is 19.9. The number of carbonyl (C=O) groups excluding carboxylic acids is 1. The Morgan fingerprint density at radius 3 is 2.43 bits per heavy atom. The second kappa shape index (κ2) is 15.3. The second-order valence-electron chi connectivity index (χ2n) is 8.65. The third-order valence-electron chi connectivity index (χ3n) is 6.12. The number of aliphatic hydroxyl groups excluding tert-OH is 1. The van der Waals surface area contributed by atoms with E-state index in [9.17, 15) is 9.90 Å². The Balaban J connectivity index is 1.92. The molecule has 0 aromatic carbocycles. The van der Waals surface area contributed by atoms with Crippen LogP contribution in [0.4, 0.5) is 0 Å². The number of hydrogen-bond donors (Lipinski definition) is 2. The molecular weight excluding hydrogens is 380 g/mol. The molecule has 6 nitrogen and oxygen atoms in total. The van der Waals surface area contributed by atoms with Crippen LogP contribution in [0.3, 0.4) is 0 Å². The average molecular weight is 423 g/mol. The lowest BCUT2D eigenvalue weighted by Crippen LogP contribution is -2.40. The third kappa shape index (κ3) is 10.5. The van der Waals surface area contributed by atoms with Gasteiger partial charge in [0.15, 0.2) is 0 Å². The van der Waals surface area contributed by atoms with Crippen molar-refractivity contribution in [2.45, 2.75) is 114 Å². The van der Waals surface area contributed by atoms with Gasteiger partial charge in [0.2, 0.25) is 0 Å². The predicted molar refractivity (Wildman–Crippen MR) is 121 cm³/mol. The summed E-state index contributed by atoms with van der Waals surface area (Å²) in [5.41, 5.74) is 0. The quantitative estimate of drug-likeness (QED) is 0.166. The number of nitrogens with zero attached hydrogens (tertiary/aromatic N) is 1. The second-order valence-corrected chi connectivity index (χ2v) is 8.65. The lowest BCUT2D eigenvalue weighted by Gasteiger charge is -2.28. The maximum Gasteiger partial charge on any atom is 0.305 e. The number of methoxy groups -OCH3 is 1. The monoisotopic (exact) mass is 422 g/mol. The van der Waals surface area contributed by atoms with Crippen molar-refractivity contribution in [2.24, 2.45) is 4.99 Å². The van der Waals surface area contributed by atoms with Gasteiger partial charge in [-0.1, -0.05) is 51.0 Å². The van der Waals surface area contributed by atoms with Crippen LogP contribution in [-0.4, -0.2) is 49.0 Å². The van der Waals surface area contributed by atoms with Gasteiger partial charge < -0.3 is 19.9 Å². The number of carbonyl (C=O) groups is 1. The summed E-state index contributed by atoms with van der Waals surface area (Å²) in [6.45, 7) is 0.00730. The highest BCUT2D eigenvalue weighted by Gasteiger charge is 2.20. The van der Waals surface area contributed by atoms with Crippen molar-refractivity contribution in [3.05, 3.63) is 12.2 Å². The first-order valence-electron chi connectivity index (χ1n) is 12.1. The van der Waals surface area contributed by atoms with Crippen LogP contribution in [0.15, 0.2) is 17.1 Å². The van der Waals surface area contributed by atoms with Gasteiger partial charge in [-0.3, -0.25) is 4.79 Å². The number of rotatable bonds is 11. The van der Waals surface area contributed by atoms with Crippen molar-refractivity contribution < 1.29 is 19.4 Å². The average Bonchev–Trinajstić information content (AvgIpc) is 2.78. The molecule has 0 saturated heterocycles. The van der Waals surface area contributed by atoms with Gasteiger partial charge in [-0.25, -0.2) is 4.99 Å². The van der Waals surface area contributed by atoms with E-state index in [1.54, 1.807) is 6.08 Å². The SMILES string of the molecule is COC(=O)CCCCCC(/C=C\CO)OC(=NC1CCCCC1)NC1CCCCC1. The van der Waals surface area contributed by atoms with Crippen LogP contribution < -0.4 is 5.32 Å². The Labute approximate surface area is 182 Å². The molecule has 172 valence electrons. The fraction of sp³-hybridized carbons (Fsp3) is 0.833. The Morgan fingerprint density at radius 1 is 1.07 bits per heavy atom. The number of nitrogens with one attached hydrogen (secondary N) is 1. The number of hydrogen-bond acceptors (Lipinski definition) is 5. The standard InChI is InChI=1S/C24H42N2O4/c1-29-23(28)18-10-4-9-16-22(17-11-19-27)30-24(25-20-12-5-2-6-13-20)26-21-14-7-3-8-15-21/h11,17,20-22,27H,2-10,12-16,18-19H2,1H3,(H,25,26)/b17-11-. The normalized spacial score (nSPS) is 20.3. The lowest BCUT2D eigenvalue weighted by atomic mass is 9.95. The molecule has 1 unspecified atom stereocenters. The number of aliphatic hydroxyl groups is 1. The van der Waals surface area contributed by atoms with Gasteiger partial charge in [0, 0.05) is 12.5 Å². The maximum atomic E-state index is 11.3. The molecule has 2 rings (SSSR count). The van der Waals surface area contributed by atoms with Gasteiger partial charge in [-0.2, -0.15) is 0 Å². The first kappa shape index (κ1) is 24.7. The van der Waals surface area contributed by atoms with E-state index < -0.39 is 0 Å². The lowest BCUT2D eigenvalue weighted by molar-refractivity contribution is -0.140. The molecular formula is C24H42N2O4. The van der Waals surface area contributed by atoms with Gasteiger partial charge in [-0.15, -0.1) is 0 Å². The molecule has 0 aromatic heterocycles. The highest BCUT2D eigenvalue weighted by molar-refractivity contribution is 5.74. The third-order valence-corrected chi connectivity index (χ3v) is 6.12. The molecule has 2 fully saturated rings. The number of unbranched alkanes of at least 4 members (excludes halogenated alkanes) is 2. The highest BCUT2D eigenvalue weighted by atomic mass is 16.5. The van der Waals surface area contributed by atoms with Crippen molar-refractivity contribution in [2.75, 3.05) is 13.7 Å². The van der Waals surface area contributed by atoms with Crippen LogP contribution >= 0.6 is 0 Å². The summed E-state index contributed by atoms with van der Waals surface area (Å²) in [7, 11) is 1.43. The van der Waals surface area contributed by atoms with E-state index in [-0.39, 0.29) is 18.7 Å². The van der Waals surface area contributed by atoms with Gasteiger partial charge >= 0.3 is 5.97 Å². The zero-order valence-corrected chi connectivity index (χ0v) is 18.8. The largest absolute Gasteiger partial charge is 0.469 e. The van der Waals surface area contributed by atoms with Crippen LogP contribution in [0.5, 0.6) is 0 Å². The summed E-state index contributed by atoms with van der Waals surface area (Å²) < 4.78 is 11.1. The van der Waals surface area contributed by atoms with E-state index in [1.165, 1.54) is 58.5 Å². The van der Waals surface area contributed by atoms with E-state index >= 15 is 0 Å². The molecule has 0 amide bonds. The zero-order chi connectivity index (χ0) is 21.4. The molecule has 1 atom stereocenters. The molecule has 2 aliphatic rings. The Hall–Kier alpha value is -1.56. The molecule has 0 heterocycles. The van der Waals surface area contributed by atoms with Crippen molar-refractivity contribution in [3.8, 4) is 0 Å². The molecule has 0 bridgehead atoms. The maximum absolute atomic E-state index is 11.3. The minimum atomic E-state index is -0.151. The number of esters is 1. The van der Waals surface area contributed by atoms with Gasteiger partial charge in [0.25, 0.3) is 6.02 Å². The van der Waals surface area contributed by atoms with Crippen LogP contribution in [-0.2, 0) is 14.3 Å². The summed E-state index contributed by atoms with van der Waals surface area (Å²) >= 11 is 0. The van der Waals surface area contributed by atoms with Crippen LogP contribution in [0.1, 0.15) is 96.3 Å². The number of amidine groups is 1. The Morgan fingerprint density at radius 2 is 1.77 bits per heavy atom. The molecule has 30 heavy (non-hydrogen) atoms. The number of aliphatic imine (C=N–C) groups is 1. The summed E-state index contributed by atoms with van der Waals surface area (Å²) in [4.78, 5) is 16.2. The fourth-order valence-corrected chi connectivity index (χ4v) is 4.34. The zero-order valence-electron chi connectivity index (χ0n) is 18.8. The van der Waals surface area contributed by atoms with E-state index in [1.807, 2.05) is 6.08 Å². The van der Waals surface area contributed by atoms with Crippen molar-refractivity contribution >= 4 is 12.0 Å². The Bertz CT molecular complexity index is 523. The van der Waals surface area contributed by atoms with E-state index in [0.29, 0.717) is 24.5 Å². The van der Waals surface area contributed by atoms with Crippen molar-refractivity contribution in [1.29, 1.82) is 0 Å². The smallest absolute Gasteiger partial charge is 0.305 e. The van der Waals surface area contributed by atoms with Gasteiger partial charge in [0.05, 0.1) is 19.8 Å². The molecule has 2 aliphatic carbocycles. The minimum absolute atomic E-state index is 0.00730. The molecule has 2 N–H and O–H groups in total. The highest BCUT2D eigenvalue weighted by Crippen LogP contribution is 2.22. The fourth-order valence-electron chi connectivity index (χ4n) is 4.34. The molecule has 0 aromatic rings. The van der Waals surface area contributed by atoms with Crippen LogP contribution in [0.25, 0.3) is 0 Å². The molecule has 0 aliphatic heterocycles. The van der Waals surface area contributed by atoms with E-state index in [4.69, 9.17) is 14.5 Å². The molecule has 0 spiro atoms. The first-order valence-corrected chi connectivity index (χ1v) is 12.1. The molecule has 6 heteroatoms. The van der Waals surface area contributed by atoms with Gasteiger partial charge in [0.1, 0.15) is 6.10 Å². The summed E-state index contributed by atoms with van der Waals surface area (Å²) in [5.74, 6) is -0.151.